The largest absolute Gasteiger partial charge is 0.497 e. The van der Waals surface area contributed by atoms with Crippen molar-refractivity contribution in [1.82, 2.24) is 9.88 Å². The summed E-state index contributed by atoms with van der Waals surface area (Å²) in [5.74, 6) is -0.160. The van der Waals surface area contributed by atoms with Crippen LogP contribution in [0.25, 0.3) is 17.0 Å². The Morgan fingerprint density at radius 2 is 1.69 bits per heavy atom. The van der Waals surface area contributed by atoms with Gasteiger partial charge in [-0.15, -0.1) is 0 Å². The van der Waals surface area contributed by atoms with Gasteiger partial charge >= 0.3 is 0 Å². The summed E-state index contributed by atoms with van der Waals surface area (Å²) in [5, 5.41) is 3.54. The number of para-hydroxylation sites is 1. The standard InChI is InChI=1S/C28H23N3O4S/c1-34-20-12-13-25(35-2)24(15-20)31-27(33)22(26(32)29-28(31)36)14-19-17-30(16-18-8-4-3-5-9-18)23-11-7-6-10-21(19)23/h3-15,17H,16H2,1-2H3,(H,29,32,36)/b22-14+. The number of nitrogens with zero attached hydrogens (tertiary/aromatic N) is 2. The Balaban J connectivity index is 1.59. The molecule has 1 aliphatic heterocycles. The van der Waals surface area contributed by atoms with Crippen LogP contribution in [-0.2, 0) is 16.1 Å². The maximum absolute atomic E-state index is 13.7. The van der Waals surface area contributed by atoms with Gasteiger partial charge in [0.1, 0.15) is 17.1 Å². The number of hydrogen-bond donors (Lipinski definition) is 1. The van der Waals surface area contributed by atoms with Gasteiger partial charge in [0.2, 0.25) is 0 Å². The number of aromatic nitrogens is 1. The predicted octanol–water partition coefficient (Wildman–Crippen LogP) is 4.54. The molecular weight excluding hydrogens is 474 g/mol. The van der Waals surface area contributed by atoms with E-state index in [1.807, 2.05) is 48.7 Å². The third-order valence-electron chi connectivity index (χ3n) is 6.04. The molecule has 2 heterocycles. The van der Waals surface area contributed by atoms with Crippen LogP contribution in [0.5, 0.6) is 11.5 Å². The maximum atomic E-state index is 13.7. The molecule has 0 atom stereocenters. The molecule has 36 heavy (non-hydrogen) atoms. The lowest BCUT2D eigenvalue weighted by molar-refractivity contribution is -0.122. The smallest absolute Gasteiger partial charge is 0.270 e. The zero-order chi connectivity index (χ0) is 25.2. The van der Waals surface area contributed by atoms with E-state index in [0.29, 0.717) is 23.7 Å². The van der Waals surface area contributed by atoms with Gasteiger partial charge in [0, 0.05) is 35.3 Å². The van der Waals surface area contributed by atoms with E-state index in [-0.39, 0.29) is 10.7 Å². The summed E-state index contributed by atoms with van der Waals surface area (Å²) in [6.45, 7) is 0.655. The van der Waals surface area contributed by atoms with E-state index in [1.54, 1.807) is 24.3 Å². The van der Waals surface area contributed by atoms with Crippen molar-refractivity contribution in [3.63, 3.8) is 0 Å². The van der Waals surface area contributed by atoms with Crippen LogP contribution in [0.1, 0.15) is 11.1 Å². The summed E-state index contributed by atoms with van der Waals surface area (Å²) in [6.07, 6.45) is 3.57. The number of thiocarbonyl (C=S) groups is 1. The van der Waals surface area contributed by atoms with E-state index in [9.17, 15) is 9.59 Å². The molecule has 1 aliphatic rings. The van der Waals surface area contributed by atoms with Crippen molar-refractivity contribution in [3.8, 4) is 11.5 Å². The van der Waals surface area contributed by atoms with Gasteiger partial charge < -0.3 is 14.0 Å². The van der Waals surface area contributed by atoms with Crippen LogP contribution in [-0.4, -0.2) is 35.7 Å². The number of amides is 2. The number of methoxy groups -OCH3 is 2. The first-order valence-electron chi connectivity index (χ1n) is 11.3. The molecule has 0 radical (unpaired) electrons. The summed E-state index contributed by atoms with van der Waals surface area (Å²) >= 11 is 5.37. The zero-order valence-electron chi connectivity index (χ0n) is 19.7. The highest BCUT2D eigenvalue weighted by Gasteiger charge is 2.36. The lowest BCUT2D eigenvalue weighted by atomic mass is 10.1. The Morgan fingerprint density at radius 3 is 2.44 bits per heavy atom. The molecule has 7 nitrogen and oxygen atoms in total. The minimum absolute atomic E-state index is 0.0276. The minimum atomic E-state index is -0.553. The van der Waals surface area contributed by atoms with Crippen molar-refractivity contribution in [2.24, 2.45) is 0 Å². The number of ether oxygens (including phenoxy) is 2. The SMILES string of the molecule is COc1ccc(OC)c(N2C(=O)/C(=C/c3cn(Cc4ccccc4)c4ccccc34)C(=O)NC2=S)c1. The molecule has 1 N–H and O–H groups in total. The summed E-state index contributed by atoms with van der Waals surface area (Å²) in [6, 6.07) is 23.0. The quantitative estimate of drug-likeness (QED) is 0.241. The lowest BCUT2D eigenvalue weighted by Crippen LogP contribution is -2.54. The third-order valence-corrected chi connectivity index (χ3v) is 6.33. The highest BCUT2D eigenvalue weighted by atomic mass is 32.1. The molecule has 1 fully saturated rings. The zero-order valence-corrected chi connectivity index (χ0v) is 20.5. The first-order chi connectivity index (χ1) is 17.5. The Labute approximate surface area is 213 Å². The maximum Gasteiger partial charge on any atom is 0.270 e. The van der Waals surface area contributed by atoms with E-state index in [4.69, 9.17) is 21.7 Å². The summed E-state index contributed by atoms with van der Waals surface area (Å²) < 4.78 is 12.9. The number of anilines is 1. The normalized spacial score (nSPS) is 14.9. The second-order valence-electron chi connectivity index (χ2n) is 8.21. The van der Waals surface area contributed by atoms with Gasteiger partial charge in [0.15, 0.2) is 5.11 Å². The van der Waals surface area contributed by atoms with Crippen molar-refractivity contribution in [2.45, 2.75) is 6.54 Å². The molecule has 0 spiro atoms. The molecule has 0 aliphatic carbocycles. The van der Waals surface area contributed by atoms with Crippen molar-refractivity contribution in [3.05, 3.63) is 95.7 Å². The van der Waals surface area contributed by atoms with Crippen LogP contribution in [0.4, 0.5) is 5.69 Å². The highest BCUT2D eigenvalue weighted by molar-refractivity contribution is 7.80. The van der Waals surface area contributed by atoms with Gasteiger partial charge in [-0.2, -0.15) is 0 Å². The van der Waals surface area contributed by atoms with Gasteiger partial charge in [-0.3, -0.25) is 14.9 Å². The molecule has 1 aromatic heterocycles. The average molecular weight is 498 g/mol. The number of hydrogen-bond acceptors (Lipinski definition) is 5. The summed E-state index contributed by atoms with van der Waals surface area (Å²) in [4.78, 5) is 27.8. The molecule has 180 valence electrons. The third kappa shape index (κ3) is 4.23. The van der Waals surface area contributed by atoms with Crippen molar-refractivity contribution >= 4 is 51.8 Å². The Bertz CT molecular complexity index is 1520. The van der Waals surface area contributed by atoms with E-state index in [0.717, 1.165) is 22.0 Å². The average Bonchev–Trinajstić information content (AvgIpc) is 3.24. The topological polar surface area (TPSA) is 72.8 Å². The van der Waals surface area contributed by atoms with Gasteiger partial charge in [0.25, 0.3) is 11.8 Å². The van der Waals surface area contributed by atoms with Crippen molar-refractivity contribution in [2.75, 3.05) is 19.1 Å². The van der Waals surface area contributed by atoms with Crippen LogP contribution in [0.2, 0.25) is 0 Å². The second-order valence-corrected chi connectivity index (χ2v) is 8.60. The second kappa shape index (κ2) is 9.67. The Hall–Kier alpha value is -4.43. The molecule has 1 saturated heterocycles. The van der Waals surface area contributed by atoms with E-state index in [2.05, 4.69) is 22.0 Å². The highest BCUT2D eigenvalue weighted by Crippen LogP contribution is 2.35. The van der Waals surface area contributed by atoms with Crippen LogP contribution >= 0.6 is 12.2 Å². The molecule has 3 aromatic carbocycles. The molecule has 5 rings (SSSR count). The fourth-order valence-electron chi connectivity index (χ4n) is 4.30. The van der Waals surface area contributed by atoms with Crippen LogP contribution in [0, 0.1) is 0 Å². The summed E-state index contributed by atoms with van der Waals surface area (Å²) in [7, 11) is 3.03. The number of carbonyl (C=O) groups is 2. The van der Waals surface area contributed by atoms with Crippen LogP contribution < -0.4 is 19.7 Å². The molecule has 2 amide bonds. The fourth-order valence-corrected chi connectivity index (χ4v) is 4.58. The number of benzene rings is 3. The summed E-state index contributed by atoms with van der Waals surface area (Å²) in [5.41, 5.74) is 3.25. The fraction of sp³-hybridized carbons (Fsp3) is 0.107. The molecule has 0 bridgehead atoms. The molecule has 8 heteroatoms. The van der Waals surface area contributed by atoms with Crippen LogP contribution in [0.3, 0.4) is 0 Å². The van der Waals surface area contributed by atoms with Gasteiger partial charge in [-0.1, -0.05) is 48.5 Å². The molecule has 4 aromatic rings. The number of rotatable bonds is 6. The Kier molecular flexibility index (Phi) is 6.26. The molecular formula is C28H23N3O4S. The first-order valence-corrected chi connectivity index (χ1v) is 11.7. The lowest BCUT2D eigenvalue weighted by Gasteiger charge is -2.30. The first kappa shape index (κ1) is 23.3. The molecule has 0 unspecified atom stereocenters. The van der Waals surface area contributed by atoms with Crippen molar-refractivity contribution in [1.29, 1.82) is 0 Å². The number of nitrogens with one attached hydrogen (secondary N) is 1. The van der Waals surface area contributed by atoms with Crippen molar-refractivity contribution < 1.29 is 19.1 Å². The number of carbonyl (C=O) groups excluding carboxylic acids is 2. The van der Waals surface area contributed by atoms with Gasteiger partial charge in [-0.05, 0) is 42.1 Å². The van der Waals surface area contributed by atoms with Crippen LogP contribution in [0.15, 0.2) is 84.6 Å². The molecule has 0 saturated carbocycles. The Morgan fingerprint density at radius 1 is 0.944 bits per heavy atom. The predicted molar refractivity (Wildman–Crippen MR) is 143 cm³/mol. The van der Waals surface area contributed by atoms with E-state index in [1.165, 1.54) is 19.1 Å². The van der Waals surface area contributed by atoms with Gasteiger partial charge in [0.05, 0.1) is 19.9 Å². The monoisotopic (exact) mass is 497 g/mol. The minimum Gasteiger partial charge on any atom is -0.497 e. The van der Waals surface area contributed by atoms with E-state index >= 15 is 0 Å². The van der Waals surface area contributed by atoms with E-state index < -0.39 is 11.8 Å². The number of fused-ring (bicyclic) bond motifs is 1. The van der Waals surface area contributed by atoms with Gasteiger partial charge in [-0.25, -0.2) is 4.90 Å².